The van der Waals surface area contributed by atoms with Crippen molar-refractivity contribution in [2.75, 3.05) is 6.61 Å². The Bertz CT molecular complexity index is 1210. The summed E-state index contributed by atoms with van der Waals surface area (Å²) >= 11 is 19.0. The third-order valence-electron chi connectivity index (χ3n) is 6.42. The van der Waals surface area contributed by atoms with Crippen LogP contribution in [0.3, 0.4) is 0 Å². The van der Waals surface area contributed by atoms with Gasteiger partial charge in [0.15, 0.2) is 0 Å². The Morgan fingerprint density at radius 2 is 1.71 bits per heavy atom. The summed E-state index contributed by atoms with van der Waals surface area (Å²) in [6, 6.07) is 19.4. The van der Waals surface area contributed by atoms with E-state index < -0.39 is 6.23 Å². The molecule has 2 aliphatic rings. The van der Waals surface area contributed by atoms with Crippen LogP contribution in [0.15, 0.2) is 65.8 Å². The second-order valence-corrected chi connectivity index (χ2v) is 10.2. The van der Waals surface area contributed by atoms with Gasteiger partial charge in [-0.05, 0) is 60.5 Å². The lowest BCUT2D eigenvalue weighted by atomic mass is 9.96. The number of unbranched alkanes of at least 4 members (excludes halogenated alkanes) is 3. The minimum atomic E-state index is -0.422. The number of nitrogens with zero attached hydrogens (tertiary/aromatic N) is 2. The summed E-state index contributed by atoms with van der Waals surface area (Å²) in [6.45, 7) is 2.94. The molecule has 2 heterocycles. The predicted octanol–water partition coefficient (Wildman–Crippen LogP) is 8.85. The molecule has 182 valence electrons. The third-order valence-corrected chi connectivity index (χ3v) is 7.17. The average molecular weight is 530 g/mol. The van der Waals surface area contributed by atoms with E-state index in [9.17, 15) is 0 Å². The lowest BCUT2D eigenvalue weighted by molar-refractivity contribution is -0.0189. The lowest BCUT2D eigenvalue weighted by Crippen LogP contribution is -2.33. The molecule has 7 heteroatoms. The highest BCUT2D eigenvalue weighted by Crippen LogP contribution is 2.50. The molecule has 0 radical (unpaired) electrons. The number of hydrogen-bond donors (Lipinski definition) is 0. The minimum Gasteiger partial charge on any atom is -0.494 e. The summed E-state index contributed by atoms with van der Waals surface area (Å²) < 4.78 is 12.4. The number of halogens is 3. The first-order valence-electron chi connectivity index (χ1n) is 12.0. The molecule has 2 atom stereocenters. The molecule has 0 saturated heterocycles. The normalized spacial score (nSPS) is 18.5. The Labute approximate surface area is 221 Å². The van der Waals surface area contributed by atoms with Gasteiger partial charge in [-0.1, -0.05) is 73.1 Å². The highest BCUT2D eigenvalue weighted by molar-refractivity contribution is 6.35. The maximum Gasteiger partial charge on any atom is 0.213 e. The van der Waals surface area contributed by atoms with E-state index in [0.29, 0.717) is 27.2 Å². The number of benzene rings is 3. The molecular formula is C28H27Cl3N2O2. The first-order chi connectivity index (χ1) is 17.0. The van der Waals surface area contributed by atoms with Gasteiger partial charge in [-0.2, -0.15) is 5.10 Å². The summed E-state index contributed by atoms with van der Waals surface area (Å²) in [4.78, 5) is 0. The maximum absolute atomic E-state index is 6.58. The number of ether oxygens (including phenoxy) is 2. The first kappa shape index (κ1) is 24.3. The SMILES string of the molecule is CCCCCCOc1ccc(C2Oc3c(Cl)cc(Cl)cc3C3CC(c4ccc(Cl)cc4)=NN32)cc1. The molecule has 0 N–H and O–H groups in total. The fraction of sp³-hybridized carbons (Fsp3) is 0.321. The molecule has 2 unspecified atom stereocenters. The Hall–Kier alpha value is -2.40. The van der Waals surface area contributed by atoms with Crippen molar-refractivity contribution in [3.8, 4) is 11.5 Å². The maximum atomic E-state index is 6.58. The molecule has 0 aromatic heterocycles. The van der Waals surface area contributed by atoms with Crippen molar-refractivity contribution in [2.45, 2.75) is 51.3 Å². The quantitative estimate of drug-likeness (QED) is 0.273. The summed E-state index contributed by atoms with van der Waals surface area (Å²) in [5.41, 5.74) is 3.92. The van der Waals surface area contributed by atoms with Gasteiger partial charge in [-0.3, -0.25) is 0 Å². The summed E-state index contributed by atoms with van der Waals surface area (Å²) in [5.74, 6) is 1.51. The van der Waals surface area contributed by atoms with Gasteiger partial charge in [-0.15, -0.1) is 0 Å². The van der Waals surface area contributed by atoms with Crippen LogP contribution in [0, 0.1) is 0 Å². The van der Waals surface area contributed by atoms with E-state index in [1.165, 1.54) is 19.3 Å². The summed E-state index contributed by atoms with van der Waals surface area (Å²) in [5, 5.41) is 8.79. The van der Waals surface area contributed by atoms with Crippen molar-refractivity contribution < 1.29 is 9.47 Å². The molecule has 0 amide bonds. The molecule has 4 nitrogen and oxygen atoms in total. The summed E-state index contributed by atoms with van der Waals surface area (Å²) in [7, 11) is 0. The van der Waals surface area contributed by atoms with Gasteiger partial charge in [-0.25, -0.2) is 5.01 Å². The molecular weight excluding hydrogens is 503 g/mol. The molecule has 2 aliphatic heterocycles. The second-order valence-electron chi connectivity index (χ2n) is 8.91. The largest absolute Gasteiger partial charge is 0.494 e. The Balaban J connectivity index is 1.43. The zero-order valence-electron chi connectivity index (χ0n) is 19.5. The van der Waals surface area contributed by atoms with Crippen molar-refractivity contribution in [1.82, 2.24) is 5.01 Å². The van der Waals surface area contributed by atoms with Crippen LogP contribution in [0.1, 0.15) is 68.0 Å². The zero-order chi connectivity index (χ0) is 24.4. The van der Waals surface area contributed by atoms with Crippen LogP contribution in [-0.4, -0.2) is 17.3 Å². The molecule has 0 bridgehead atoms. The fourth-order valence-corrected chi connectivity index (χ4v) is 5.28. The third kappa shape index (κ3) is 5.25. The van der Waals surface area contributed by atoms with Crippen molar-refractivity contribution in [2.24, 2.45) is 5.10 Å². The van der Waals surface area contributed by atoms with Crippen molar-refractivity contribution in [3.63, 3.8) is 0 Å². The van der Waals surface area contributed by atoms with Gasteiger partial charge in [0.2, 0.25) is 6.23 Å². The number of fused-ring (bicyclic) bond motifs is 3. The molecule has 0 fully saturated rings. The van der Waals surface area contributed by atoms with E-state index in [1.54, 1.807) is 6.07 Å². The topological polar surface area (TPSA) is 34.1 Å². The van der Waals surface area contributed by atoms with E-state index in [1.807, 2.05) is 59.6 Å². The molecule has 0 spiro atoms. The molecule has 0 saturated carbocycles. The average Bonchev–Trinajstić information content (AvgIpc) is 3.30. The van der Waals surface area contributed by atoms with Gasteiger partial charge in [0, 0.05) is 27.6 Å². The number of hydrogen-bond acceptors (Lipinski definition) is 4. The Morgan fingerprint density at radius 3 is 2.46 bits per heavy atom. The number of hydrazone groups is 1. The van der Waals surface area contributed by atoms with Gasteiger partial charge in [0.25, 0.3) is 0 Å². The Morgan fingerprint density at radius 1 is 0.943 bits per heavy atom. The van der Waals surface area contributed by atoms with Crippen molar-refractivity contribution in [1.29, 1.82) is 0 Å². The minimum absolute atomic E-state index is 0.0416. The van der Waals surface area contributed by atoms with E-state index in [-0.39, 0.29) is 6.04 Å². The van der Waals surface area contributed by atoms with Crippen LogP contribution in [0.5, 0.6) is 11.5 Å². The van der Waals surface area contributed by atoms with Gasteiger partial charge in [0.1, 0.15) is 11.5 Å². The Kier molecular flexibility index (Phi) is 7.43. The molecule has 5 rings (SSSR count). The molecule has 3 aromatic rings. The van der Waals surface area contributed by atoms with Gasteiger partial charge in [0.05, 0.1) is 23.4 Å². The van der Waals surface area contributed by atoms with Crippen molar-refractivity contribution >= 4 is 40.5 Å². The van der Waals surface area contributed by atoms with E-state index in [2.05, 4.69) is 6.92 Å². The van der Waals surface area contributed by atoms with Crippen LogP contribution in [0.25, 0.3) is 0 Å². The summed E-state index contributed by atoms with van der Waals surface area (Å²) in [6.07, 6.45) is 5.01. The van der Waals surface area contributed by atoms with Crippen LogP contribution >= 0.6 is 34.8 Å². The first-order valence-corrected chi connectivity index (χ1v) is 13.2. The highest BCUT2D eigenvalue weighted by Gasteiger charge is 2.42. The van der Waals surface area contributed by atoms with Crippen LogP contribution < -0.4 is 9.47 Å². The predicted molar refractivity (Wildman–Crippen MR) is 143 cm³/mol. The smallest absolute Gasteiger partial charge is 0.213 e. The van der Waals surface area contributed by atoms with E-state index >= 15 is 0 Å². The van der Waals surface area contributed by atoms with E-state index in [4.69, 9.17) is 49.4 Å². The number of rotatable bonds is 8. The fourth-order valence-electron chi connectivity index (χ4n) is 4.60. The standard InChI is InChI=1S/C28H27Cl3N2O2/c1-2-3-4-5-14-34-22-12-8-19(9-13-22)28-33-26(23-15-21(30)16-24(31)27(23)35-28)17-25(32-33)18-6-10-20(29)11-7-18/h6-13,15-16,26,28H,2-5,14,17H2,1H3. The molecule has 3 aromatic carbocycles. The monoisotopic (exact) mass is 528 g/mol. The second kappa shape index (κ2) is 10.7. The lowest BCUT2D eigenvalue weighted by Gasteiger charge is -2.38. The van der Waals surface area contributed by atoms with Gasteiger partial charge >= 0.3 is 0 Å². The van der Waals surface area contributed by atoms with Crippen LogP contribution in [-0.2, 0) is 0 Å². The van der Waals surface area contributed by atoms with Crippen LogP contribution in [0.2, 0.25) is 15.1 Å². The van der Waals surface area contributed by atoms with Crippen LogP contribution in [0.4, 0.5) is 0 Å². The van der Waals surface area contributed by atoms with Gasteiger partial charge < -0.3 is 9.47 Å². The molecule has 0 aliphatic carbocycles. The zero-order valence-corrected chi connectivity index (χ0v) is 21.8. The van der Waals surface area contributed by atoms with Crippen molar-refractivity contribution in [3.05, 3.63) is 92.4 Å². The molecule has 35 heavy (non-hydrogen) atoms. The van der Waals surface area contributed by atoms with E-state index in [0.717, 1.165) is 41.2 Å². The highest BCUT2D eigenvalue weighted by atomic mass is 35.5.